The normalized spacial score (nSPS) is 48.4. The van der Waals surface area contributed by atoms with E-state index in [0.717, 1.165) is 12.0 Å². The second-order valence-electron chi connectivity index (χ2n) is 5.86. The Balaban J connectivity index is 1.98. The summed E-state index contributed by atoms with van der Waals surface area (Å²) in [6, 6.07) is 1.96. The summed E-state index contributed by atoms with van der Waals surface area (Å²) in [6.45, 7) is 8.31. The standard InChI is InChI=1S/C13H26N2/c1-9-4-5-12(8-9)15-7-6-13(14)10(2)11(15)3/h9-13H,4-8,14H2,1-3H3. The molecule has 15 heavy (non-hydrogen) atoms. The maximum atomic E-state index is 6.13. The molecule has 0 amide bonds. The molecule has 2 nitrogen and oxygen atoms in total. The first kappa shape index (κ1) is 11.4. The minimum absolute atomic E-state index is 0.426. The summed E-state index contributed by atoms with van der Waals surface area (Å²) in [5.41, 5.74) is 6.13. The van der Waals surface area contributed by atoms with Gasteiger partial charge in [-0.25, -0.2) is 0 Å². The third-order valence-corrected chi connectivity index (χ3v) is 4.82. The van der Waals surface area contributed by atoms with Gasteiger partial charge in [-0.1, -0.05) is 13.8 Å². The van der Waals surface area contributed by atoms with Gasteiger partial charge >= 0.3 is 0 Å². The molecule has 0 bridgehead atoms. The highest BCUT2D eigenvalue weighted by atomic mass is 15.2. The number of rotatable bonds is 1. The van der Waals surface area contributed by atoms with Crippen LogP contribution in [0.25, 0.3) is 0 Å². The van der Waals surface area contributed by atoms with Crippen molar-refractivity contribution in [2.75, 3.05) is 6.54 Å². The van der Waals surface area contributed by atoms with E-state index in [1.54, 1.807) is 0 Å². The summed E-state index contributed by atoms with van der Waals surface area (Å²) in [4.78, 5) is 2.73. The molecule has 1 heterocycles. The summed E-state index contributed by atoms with van der Waals surface area (Å²) < 4.78 is 0. The van der Waals surface area contributed by atoms with E-state index in [4.69, 9.17) is 5.73 Å². The third-order valence-electron chi connectivity index (χ3n) is 4.82. The van der Waals surface area contributed by atoms with Gasteiger partial charge in [0.05, 0.1) is 0 Å². The highest BCUT2D eigenvalue weighted by molar-refractivity contribution is 4.92. The van der Waals surface area contributed by atoms with Gasteiger partial charge in [0.15, 0.2) is 0 Å². The predicted octanol–water partition coefficient (Wildman–Crippen LogP) is 2.23. The van der Waals surface area contributed by atoms with Crippen LogP contribution in [0.4, 0.5) is 0 Å². The minimum atomic E-state index is 0.426. The Morgan fingerprint density at radius 1 is 1.07 bits per heavy atom. The molecule has 88 valence electrons. The summed E-state index contributed by atoms with van der Waals surface area (Å²) >= 11 is 0. The fourth-order valence-corrected chi connectivity index (χ4v) is 3.42. The fourth-order valence-electron chi connectivity index (χ4n) is 3.42. The molecule has 0 radical (unpaired) electrons. The number of piperidine rings is 1. The van der Waals surface area contributed by atoms with Crippen molar-refractivity contribution in [3.05, 3.63) is 0 Å². The van der Waals surface area contributed by atoms with Crippen LogP contribution in [-0.2, 0) is 0 Å². The zero-order valence-electron chi connectivity index (χ0n) is 10.4. The van der Waals surface area contributed by atoms with Gasteiger partial charge < -0.3 is 5.73 Å². The minimum Gasteiger partial charge on any atom is -0.327 e. The Morgan fingerprint density at radius 2 is 1.80 bits per heavy atom. The van der Waals surface area contributed by atoms with E-state index in [-0.39, 0.29) is 0 Å². The second kappa shape index (κ2) is 4.42. The number of nitrogens with zero attached hydrogens (tertiary/aromatic N) is 1. The van der Waals surface area contributed by atoms with Crippen LogP contribution < -0.4 is 5.73 Å². The van der Waals surface area contributed by atoms with Crippen LogP contribution >= 0.6 is 0 Å². The van der Waals surface area contributed by atoms with Crippen LogP contribution in [0.5, 0.6) is 0 Å². The van der Waals surface area contributed by atoms with Crippen LogP contribution in [0.15, 0.2) is 0 Å². The Labute approximate surface area is 94.2 Å². The first-order valence-corrected chi connectivity index (χ1v) is 6.61. The Hall–Kier alpha value is -0.0800. The molecule has 1 aliphatic carbocycles. The van der Waals surface area contributed by atoms with Crippen LogP contribution in [0.2, 0.25) is 0 Å². The molecule has 2 rings (SSSR count). The maximum Gasteiger partial charge on any atom is 0.0110 e. The number of hydrogen-bond acceptors (Lipinski definition) is 2. The molecule has 5 unspecified atom stereocenters. The molecule has 2 N–H and O–H groups in total. The Kier molecular flexibility index (Phi) is 3.36. The second-order valence-corrected chi connectivity index (χ2v) is 5.86. The predicted molar refractivity (Wildman–Crippen MR) is 64.7 cm³/mol. The van der Waals surface area contributed by atoms with E-state index in [0.29, 0.717) is 18.0 Å². The zero-order valence-corrected chi connectivity index (χ0v) is 10.4. The lowest BCUT2D eigenvalue weighted by atomic mass is 9.86. The Bertz CT molecular complexity index is 215. The molecular formula is C13H26N2. The van der Waals surface area contributed by atoms with Crippen molar-refractivity contribution in [3.63, 3.8) is 0 Å². The molecule has 2 fully saturated rings. The molecule has 1 saturated heterocycles. The average Bonchev–Trinajstić information content (AvgIpc) is 2.61. The molecule has 1 saturated carbocycles. The third kappa shape index (κ3) is 2.21. The summed E-state index contributed by atoms with van der Waals surface area (Å²) in [5.74, 6) is 1.60. The molecule has 0 aromatic rings. The summed E-state index contributed by atoms with van der Waals surface area (Å²) in [7, 11) is 0. The summed E-state index contributed by atoms with van der Waals surface area (Å²) in [5, 5.41) is 0. The van der Waals surface area contributed by atoms with E-state index in [2.05, 4.69) is 25.7 Å². The highest BCUT2D eigenvalue weighted by Gasteiger charge is 2.36. The van der Waals surface area contributed by atoms with Crippen LogP contribution in [-0.4, -0.2) is 29.6 Å². The van der Waals surface area contributed by atoms with E-state index in [1.807, 2.05) is 0 Å². The Morgan fingerprint density at radius 3 is 2.40 bits per heavy atom. The summed E-state index contributed by atoms with van der Waals surface area (Å²) in [6.07, 6.45) is 5.43. The fraction of sp³-hybridized carbons (Fsp3) is 1.00. The van der Waals surface area contributed by atoms with Crippen LogP contribution in [0.1, 0.15) is 46.5 Å². The van der Waals surface area contributed by atoms with Crippen molar-refractivity contribution in [1.29, 1.82) is 0 Å². The molecule has 0 aromatic carbocycles. The lowest BCUT2D eigenvalue weighted by Gasteiger charge is -2.44. The molecular weight excluding hydrogens is 184 g/mol. The van der Waals surface area contributed by atoms with Gasteiger partial charge in [-0.3, -0.25) is 4.90 Å². The lowest BCUT2D eigenvalue weighted by Crippen LogP contribution is -2.54. The van der Waals surface area contributed by atoms with E-state index in [9.17, 15) is 0 Å². The molecule has 0 spiro atoms. The van der Waals surface area contributed by atoms with Crippen molar-refractivity contribution < 1.29 is 0 Å². The van der Waals surface area contributed by atoms with Gasteiger partial charge in [-0.15, -0.1) is 0 Å². The SMILES string of the molecule is CC1CCC(N2CCC(N)C(C)C2C)C1. The monoisotopic (exact) mass is 210 g/mol. The largest absolute Gasteiger partial charge is 0.327 e. The van der Waals surface area contributed by atoms with E-state index in [1.165, 1.54) is 32.2 Å². The number of hydrogen-bond donors (Lipinski definition) is 1. The van der Waals surface area contributed by atoms with Crippen molar-refractivity contribution in [2.24, 2.45) is 17.6 Å². The average molecular weight is 210 g/mol. The molecule has 1 aliphatic heterocycles. The lowest BCUT2D eigenvalue weighted by molar-refractivity contribution is 0.0572. The van der Waals surface area contributed by atoms with E-state index < -0.39 is 0 Å². The van der Waals surface area contributed by atoms with Gasteiger partial charge in [0.25, 0.3) is 0 Å². The van der Waals surface area contributed by atoms with Crippen molar-refractivity contribution >= 4 is 0 Å². The first-order chi connectivity index (χ1) is 7.09. The molecule has 5 atom stereocenters. The smallest absolute Gasteiger partial charge is 0.0110 e. The van der Waals surface area contributed by atoms with Gasteiger partial charge in [-0.2, -0.15) is 0 Å². The number of nitrogens with two attached hydrogens (primary N) is 1. The van der Waals surface area contributed by atoms with Gasteiger partial charge in [-0.05, 0) is 44.4 Å². The van der Waals surface area contributed by atoms with Crippen LogP contribution in [0.3, 0.4) is 0 Å². The van der Waals surface area contributed by atoms with Crippen molar-refractivity contribution in [3.8, 4) is 0 Å². The molecule has 2 aliphatic rings. The molecule has 2 heteroatoms. The van der Waals surface area contributed by atoms with Crippen LogP contribution in [0, 0.1) is 11.8 Å². The maximum absolute atomic E-state index is 6.13. The van der Waals surface area contributed by atoms with Crippen molar-refractivity contribution in [1.82, 2.24) is 4.90 Å². The van der Waals surface area contributed by atoms with Crippen molar-refractivity contribution in [2.45, 2.75) is 64.6 Å². The van der Waals surface area contributed by atoms with E-state index >= 15 is 0 Å². The topological polar surface area (TPSA) is 29.3 Å². The van der Waals surface area contributed by atoms with Gasteiger partial charge in [0.2, 0.25) is 0 Å². The zero-order chi connectivity index (χ0) is 11.0. The number of likely N-dealkylation sites (tertiary alicyclic amines) is 1. The van der Waals surface area contributed by atoms with Gasteiger partial charge in [0, 0.05) is 24.7 Å². The quantitative estimate of drug-likeness (QED) is 0.719. The first-order valence-electron chi connectivity index (χ1n) is 6.61. The van der Waals surface area contributed by atoms with Gasteiger partial charge in [0.1, 0.15) is 0 Å². The molecule has 0 aromatic heterocycles. The highest BCUT2D eigenvalue weighted by Crippen LogP contribution is 2.33.